The summed E-state index contributed by atoms with van der Waals surface area (Å²) in [5.74, 6) is -0.282. The molecule has 0 unspecified atom stereocenters. The Morgan fingerprint density at radius 2 is 2.10 bits per heavy atom. The maximum atomic E-state index is 12.2. The number of hydrogen-bond acceptors (Lipinski definition) is 4. The van der Waals surface area contributed by atoms with Gasteiger partial charge in [0.2, 0.25) is 0 Å². The minimum atomic E-state index is -0.282. The number of carbonyl (C=O) groups is 1. The smallest absolute Gasteiger partial charge is 0.316 e. The predicted octanol–water partition coefficient (Wildman–Crippen LogP) is 3.01. The molecule has 0 saturated heterocycles. The van der Waals surface area contributed by atoms with Crippen LogP contribution in [-0.4, -0.2) is 23.0 Å². The monoisotopic (exact) mass is 291 g/mol. The Bertz CT molecular complexity index is 659. The molecule has 0 aliphatic rings. The highest BCUT2D eigenvalue weighted by atomic mass is 35.5. The molecule has 1 heterocycles. The van der Waals surface area contributed by atoms with E-state index in [4.69, 9.17) is 16.3 Å². The molecule has 2 aromatic rings. The zero-order chi connectivity index (χ0) is 14.7. The van der Waals surface area contributed by atoms with E-state index in [1.807, 2.05) is 13.0 Å². The van der Waals surface area contributed by atoms with Crippen LogP contribution in [0.4, 0.5) is 5.69 Å². The highest BCUT2D eigenvalue weighted by molar-refractivity contribution is 6.31. The summed E-state index contributed by atoms with van der Waals surface area (Å²) in [5, 5.41) is 3.36. The minimum Gasteiger partial charge on any atom is -0.467 e. The van der Waals surface area contributed by atoms with Crippen LogP contribution in [-0.2, 0) is 0 Å². The van der Waals surface area contributed by atoms with Crippen LogP contribution in [0.15, 0.2) is 24.4 Å². The number of amides is 1. The number of hydrogen-bond donors (Lipinski definition) is 1. The van der Waals surface area contributed by atoms with E-state index in [0.29, 0.717) is 22.0 Å². The van der Waals surface area contributed by atoms with E-state index in [0.717, 1.165) is 5.56 Å². The van der Waals surface area contributed by atoms with Crippen LogP contribution < -0.4 is 10.1 Å². The molecular formula is C14H14ClN3O2. The first-order chi connectivity index (χ1) is 9.51. The first-order valence-corrected chi connectivity index (χ1v) is 6.34. The summed E-state index contributed by atoms with van der Waals surface area (Å²) >= 11 is 5.92. The summed E-state index contributed by atoms with van der Waals surface area (Å²) in [7, 11) is 1.48. The van der Waals surface area contributed by atoms with Crippen LogP contribution in [0.2, 0.25) is 5.02 Å². The first-order valence-electron chi connectivity index (χ1n) is 5.96. The summed E-state index contributed by atoms with van der Waals surface area (Å²) in [6.07, 6.45) is 1.44. The van der Waals surface area contributed by atoms with Crippen molar-refractivity contribution >= 4 is 23.2 Å². The van der Waals surface area contributed by atoms with Crippen molar-refractivity contribution < 1.29 is 9.53 Å². The summed E-state index contributed by atoms with van der Waals surface area (Å²) < 4.78 is 4.91. The number of nitrogens with one attached hydrogen (secondary N) is 1. The van der Waals surface area contributed by atoms with Crippen molar-refractivity contribution in [3.8, 4) is 6.01 Å². The number of rotatable bonds is 3. The molecule has 1 N–H and O–H groups in total. The average molecular weight is 292 g/mol. The summed E-state index contributed by atoms with van der Waals surface area (Å²) in [6, 6.07) is 5.55. The molecule has 0 aliphatic carbocycles. The number of halogens is 1. The van der Waals surface area contributed by atoms with Gasteiger partial charge < -0.3 is 10.1 Å². The Labute approximate surface area is 122 Å². The SMILES string of the molecule is COc1ncc(C(=O)Nc2cc(Cl)ccc2C)c(C)n1. The second-order valence-electron chi connectivity index (χ2n) is 4.27. The highest BCUT2D eigenvalue weighted by Crippen LogP contribution is 2.21. The van der Waals surface area contributed by atoms with Crippen LogP contribution in [0.25, 0.3) is 0 Å². The first kappa shape index (κ1) is 14.3. The lowest BCUT2D eigenvalue weighted by Crippen LogP contribution is -2.15. The van der Waals surface area contributed by atoms with E-state index in [2.05, 4.69) is 15.3 Å². The minimum absolute atomic E-state index is 0.234. The molecule has 1 aromatic carbocycles. The summed E-state index contributed by atoms with van der Waals surface area (Å²) in [5.41, 5.74) is 2.53. The van der Waals surface area contributed by atoms with Gasteiger partial charge in [-0.3, -0.25) is 4.79 Å². The van der Waals surface area contributed by atoms with Crippen molar-refractivity contribution in [2.75, 3.05) is 12.4 Å². The third-order valence-corrected chi connectivity index (χ3v) is 3.07. The van der Waals surface area contributed by atoms with Crippen molar-refractivity contribution in [2.24, 2.45) is 0 Å². The fourth-order valence-electron chi connectivity index (χ4n) is 1.69. The normalized spacial score (nSPS) is 10.2. The molecule has 0 aliphatic heterocycles. The number of aryl methyl sites for hydroxylation is 2. The lowest BCUT2D eigenvalue weighted by Gasteiger charge is -2.10. The van der Waals surface area contributed by atoms with Crippen LogP contribution in [0.5, 0.6) is 6.01 Å². The number of methoxy groups -OCH3 is 1. The fraction of sp³-hybridized carbons (Fsp3) is 0.214. The molecule has 0 radical (unpaired) electrons. The molecule has 0 saturated carbocycles. The Hall–Kier alpha value is -2.14. The molecule has 0 atom stereocenters. The number of anilines is 1. The lowest BCUT2D eigenvalue weighted by atomic mass is 10.2. The Kier molecular flexibility index (Phi) is 4.20. The van der Waals surface area contributed by atoms with Crippen molar-refractivity contribution in [3.63, 3.8) is 0 Å². The van der Waals surface area contributed by atoms with E-state index < -0.39 is 0 Å². The van der Waals surface area contributed by atoms with Crippen molar-refractivity contribution in [1.29, 1.82) is 0 Å². The maximum Gasteiger partial charge on any atom is 0.316 e. The van der Waals surface area contributed by atoms with Gasteiger partial charge in [-0.05, 0) is 31.5 Å². The number of carbonyl (C=O) groups excluding carboxylic acids is 1. The molecule has 2 rings (SSSR count). The van der Waals surface area contributed by atoms with Gasteiger partial charge in [0.25, 0.3) is 5.91 Å². The fourth-order valence-corrected chi connectivity index (χ4v) is 1.86. The molecule has 5 nitrogen and oxygen atoms in total. The van der Waals surface area contributed by atoms with Gasteiger partial charge in [0.05, 0.1) is 18.4 Å². The van der Waals surface area contributed by atoms with E-state index in [1.54, 1.807) is 19.1 Å². The molecule has 104 valence electrons. The molecule has 20 heavy (non-hydrogen) atoms. The lowest BCUT2D eigenvalue weighted by molar-refractivity contribution is 0.102. The largest absolute Gasteiger partial charge is 0.467 e. The van der Waals surface area contributed by atoms with Gasteiger partial charge >= 0.3 is 6.01 Å². The van der Waals surface area contributed by atoms with Crippen molar-refractivity contribution in [1.82, 2.24) is 9.97 Å². The van der Waals surface area contributed by atoms with E-state index in [-0.39, 0.29) is 11.9 Å². The highest BCUT2D eigenvalue weighted by Gasteiger charge is 2.13. The van der Waals surface area contributed by atoms with Crippen LogP contribution in [0.1, 0.15) is 21.6 Å². The second kappa shape index (κ2) is 5.88. The molecule has 0 bridgehead atoms. The Morgan fingerprint density at radius 1 is 1.35 bits per heavy atom. The second-order valence-corrected chi connectivity index (χ2v) is 4.71. The van der Waals surface area contributed by atoms with Gasteiger partial charge in [-0.1, -0.05) is 17.7 Å². The molecule has 6 heteroatoms. The summed E-state index contributed by atoms with van der Waals surface area (Å²) in [6.45, 7) is 3.62. The number of nitrogens with zero attached hydrogens (tertiary/aromatic N) is 2. The summed E-state index contributed by atoms with van der Waals surface area (Å²) in [4.78, 5) is 20.2. The van der Waals surface area contributed by atoms with Crippen LogP contribution >= 0.6 is 11.6 Å². The van der Waals surface area contributed by atoms with Crippen molar-refractivity contribution in [3.05, 3.63) is 46.2 Å². The average Bonchev–Trinajstić information content (AvgIpc) is 2.42. The third-order valence-electron chi connectivity index (χ3n) is 2.83. The number of ether oxygens (including phenoxy) is 1. The van der Waals surface area contributed by atoms with E-state index in [9.17, 15) is 4.79 Å². The number of benzene rings is 1. The molecule has 1 amide bonds. The van der Waals surface area contributed by atoms with Crippen LogP contribution in [0.3, 0.4) is 0 Å². The zero-order valence-electron chi connectivity index (χ0n) is 11.4. The van der Waals surface area contributed by atoms with Gasteiger partial charge in [-0.25, -0.2) is 4.98 Å². The van der Waals surface area contributed by atoms with Gasteiger partial charge in [0.15, 0.2) is 0 Å². The molecule has 1 aromatic heterocycles. The van der Waals surface area contributed by atoms with Gasteiger partial charge in [0, 0.05) is 16.9 Å². The van der Waals surface area contributed by atoms with Crippen LogP contribution in [0, 0.1) is 13.8 Å². The maximum absolute atomic E-state index is 12.2. The van der Waals surface area contributed by atoms with Crippen molar-refractivity contribution in [2.45, 2.75) is 13.8 Å². The quantitative estimate of drug-likeness (QED) is 0.944. The van der Waals surface area contributed by atoms with E-state index >= 15 is 0 Å². The molecule has 0 spiro atoms. The molecule has 0 fully saturated rings. The standard InChI is InChI=1S/C14H14ClN3O2/c1-8-4-5-10(15)6-12(8)18-13(19)11-7-16-14(20-3)17-9(11)2/h4-7H,1-3H3,(H,18,19). The van der Waals surface area contributed by atoms with E-state index in [1.165, 1.54) is 13.3 Å². The Morgan fingerprint density at radius 3 is 2.75 bits per heavy atom. The predicted molar refractivity (Wildman–Crippen MR) is 77.5 cm³/mol. The zero-order valence-corrected chi connectivity index (χ0v) is 12.2. The topological polar surface area (TPSA) is 64.1 Å². The van der Waals surface area contributed by atoms with Gasteiger partial charge in [0.1, 0.15) is 0 Å². The van der Waals surface area contributed by atoms with Gasteiger partial charge in [-0.2, -0.15) is 4.98 Å². The third kappa shape index (κ3) is 3.05. The molecular weight excluding hydrogens is 278 g/mol. The van der Waals surface area contributed by atoms with Gasteiger partial charge in [-0.15, -0.1) is 0 Å². The Balaban J connectivity index is 2.26. The number of aromatic nitrogens is 2.